The molecule has 0 amide bonds. The van der Waals surface area contributed by atoms with Gasteiger partial charge in [0, 0.05) is 19.2 Å². The molecule has 1 saturated heterocycles. The molecule has 2 N–H and O–H groups in total. The lowest BCUT2D eigenvalue weighted by Crippen LogP contribution is -2.45. The highest BCUT2D eigenvalue weighted by molar-refractivity contribution is 4.95. The average molecular weight is 186 g/mol. The van der Waals surface area contributed by atoms with Crippen LogP contribution in [0.15, 0.2) is 0 Å². The summed E-state index contributed by atoms with van der Waals surface area (Å²) in [4.78, 5) is 2.48. The molecule has 0 aliphatic carbocycles. The van der Waals surface area contributed by atoms with E-state index in [0.29, 0.717) is 5.92 Å². The number of rotatable bonds is 4. The first kappa shape index (κ1) is 11.0. The molecule has 0 saturated carbocycles. The molecule has 13 heavy (non-hydrogen) atoms. The predicted octanol–water partition coefficient (Wildman–Crippen LogP) is 0.692. The summed E-state index contributed by atoms with van der Waals surface area (Å²) in [5.74, 6) is 0.643. The quantitative estimate of drug-likeness (QED) is 0.702. The van der Waals surface area contributed by atoms with Crippen molar-refractivity contribution < 1.29 is 4.74 Å². The molecule has 0 bridgehead atoms. The molecule has 78 valence electrons. The van der Waals surface area contributed by atoms with Gasteiger partial charge in [0.25, 0.3) is 0 Å². The van der Waals surface area contributed by atoms with Gasteiger partial charge in [-0.1, -0.05) is 0 Å². The summed E-state index contributed by atoms with van der Waals surface area (Å²) in [6.07, 6.45) is 1.23. The average Bonchev–Trinajstić information content (AvgIpc) is 2.37. The SMILES string of the molecule is COCCN1CCC(CN)C1(C)C. The lowest BCUT2D eigenvalue weighted by Gasteiger charge is -2.35. The van der Waals surface area contributed by atoms with Crippen molar-refractivity contribution in [3.05, 3.63) is 0 Å². The van der Waals surface area contributed by atoms with E-state index < -0.39 is 0 Å². The van der Waals surface area contributed by atoms with Crippen molar-refractivity contribution in [2.75, 3.05) is 33.4 Å². The normalized spacial score (nSPS) is 28.2. The molecule has 3 nitrogen and oxygen atoms in total. The second-order valence-electron chi connectivity index (χ2n) is 4.35. The van der Waals surface area contributed by atoms with Crippen LogP contribution in [0.3, 0.4) is 0 Å². The molecule has 1 rings (SSSR count). The lowest BCUT2D eigenvalue weighted by molar-refractivity contribution is 0.0931. The number of nitrogens with zero attached hydrogens (tertiary/aromatic N) is 1. The summed E-state index contributed by atoms with van der Waals surface area (Å²) < 4.78 is 5.09. The minimum absolute atomic E-state index is 0.257. The predicted molar refractivity (Wildman–Crippen MR) is 54.7 cm³/mol. The standard InChI is InChI=1S/C10H22N2O/c1-10(2)9(8-11)4-5-12(10)6-7-13-3/h9H,4-8,11H2,1-3H3. The molecule has 0 spiro atoms. The van der Waals surface area contributed by atoms with E-state index in [1.807, 2.05) is 0 Å². The number of nitrogens with two attached hydrogens (primary N) is 1. The lowest BCUT2D eigenvalue weighted by atomic mass is 9.88. The highest BCUT2D eigenvalue weighted by Crippen LogP contribution is 2.33. The van der Waals surface area contributed by atoms with Gasteiger partial charge in [0.15, 0.2) is 0 Å². The Labute approximate surface area is 81.2 Å². The van der Waals surface area contributed by atoms with E-state index in [2.05, 4.69) is 18.7 Å². The second kappa shape index (κ2) is 4.40. The van der Waals surface area contributed by atoms with Crippen LogP contribution < -0.4 is 5.73 Å². The van der Waals surface area contributed by atoms with Gasteiger partial charge in [-0.2, -0.15) is 0 Å². The van der Waals surface area contributed by atoms with Crippen LogP contribution >= 0.6 is 0 Å². The minimum Gasteiger partial charge on any atom is -0.383 e. The Bertz CT molecular complexity index is 159. The molecular formula is C10H22N2O. The van der Waals surface area contributed by atoms with Crippen LogP contribution in [0, 0.1) is 5.92 Å². The van der Waals surface area contributed by atoms with E-state index in [1.165, 1.54) is 6.42 Å². The van der Waals surface area contributed by atoms with Crippen molar-refractivity contribution in [3.8, 4) is 0 Å². The molecule has 1 atom stereocenters. The molecule has 1 unspecified atom stereocenters. The maximum atomic E-state index is 5.74. The van der Waals surface area contributed by atoms with Gasteiger partial charge in [0.1, 0.15) is 0 Å². The maximum absolute atomic E-state index is 5.74. The van der Waals surface area contributed by atoms with Crippen LogP contribution in [0.4, 0.5) is 0 Å². The van der Waals surface area contributed by atoms with Crippen molar-refractivity contribution in [1.82, 2.24) is 4.90 Å². The summed E-state index contributed by atoms with van der Waals surface area (Å²) in [6.45, 7) is 8.38. The van der Waals surface area contributed by atoms with Gasteiger partial charge in [-0.05, 0) is 39.3 Å². The van der Waals surface area contributed by atoms with E-state index in [-0.39, 0.29) is 5.54 Å². The van der Waals surface area contributed by atoms with Crippen molar-refractivity contribution in [2.24, 2.45) is 11.7 Å². The zero-order valence-electron chi connectivity index (χ0n) is 9.05. The number of hydrogen-bond donors (Lipinski definition) is 1. The Morgan fingerprint density at radius 3 is 2.69 bits per heavy atom. The molecule has 1 aliphatic rings. The Kier molecular flexibility index (Phi) is 3.71. The smallest absolute Gasteiger partial charge is 0.0589 e. The van der Waals surface area contributed by atoms with E-state index >= 15 is 0 Å². The molecule has 0 radical (unpaired) electrons. The molecule has 0 aromatic carbocycles. The van der Waals surface area contributed by atoms with Gasteiger partial charge in [0.05, 0.1) is 6.61 Å². The Hall–Kier alpha value is -0.120. The highest BCUT2D eigenvalue weighted by atomic mass is 16.5. The molecule has 0 aromatic heterocycles. The van der Waals surface area contributed by atoms with E-state index in [1.54, 1.807) is 7.11 Å². The van der Waals surface area contributed by atoms with E-state index in [9.17, 15) is 0 Å². The number of ether oxygens (including phenoxy) is 1. The third-order valence-corrected chi connectivity index (χ3v) is 3.41. The summed E-state index contributed by atoms with van der Waals surface area (Å²) in [5.41, 5.74) is 6.00. The van der Waals surface area contributed by atoms with Gasteiger partial charge in [-0.15, -0.1) is 0 Å². The first-order valence-electron chi connectivity index (χ1n) is 5.07. The highest BCUT2D eigenvalue weighted by Gasteiger charge is 2.39. The van der Waals surface area contributed by atoms with Gasteiger partial charge in [-0.3, -0.25) is 4.90 Å². The maximum Gasteiger partial charge on any atom is 0.0589 e. The van der Waals surface area contributed by atoms with Crippen molar-refractivity contribution >= 4 is 0 Å². The molecule has 3 heteroatoms. The van der Waals surface area contributed by atoms with Gasteiger partial charge in [0.2, 0.25) is 0 Å². The molecule has 0 aromatic rings. The van der Waals surface area contributed by atoms with Crippen LogP contribution in [-0.4, -0.2) is 43.8 Å². The van der Waals surface area contributed by atoms with Crippen LogP contribution in [0.1, 0.15) is 20.3 Å². The minimum atomic E-state index is 0.257. The van der Waals surface area contributed by atoms with Crippen molar-refractivity contribution in [3.63, 3.8) is 0 Å². The van der Waals surface area contributed by atoms with Gasteiger partial charge >= 0.3 is 0 Å². The summed E-state index contributed by atoms with van der Waals surface area (Å²) in [6, 6.07) is 0. The number of likely N-dealkylation sites (tertiary alicyclic amines) is 1. The first-order chi connectivity index (χ1) is 6.12. The Morgan fingerprint density at radius 1 is 1.54 bits per heavy atom. The first-order valence-corrected chi connectivity index (χ1v) is 5.07. The second-order valence-corrected chi connectivity index (χ2v) is 4.35. The molecular weight excluding hydrogens is 164 g/mol. The number of hydrogen-bond acceptors (Lipinski definition) is 3. The van der Waals surface area contributed by atoms with Crippen molar-refractivity contribution in [2.45, 2.75) is 25.8 Å². The van der Waals surface area contributed by atoms with Crippen LogP contribution in [0.2, 0.25) is 0 Å². The zero-order valence-corrected chi connectivity index (χ0v) is 9.05. The fraction of sp³-hybridized carbons (Fsp3) is 1.00. The molecule has 1 fully saturated rings. The fourth-order valence-corrected chi connectivity index (χ4v) is 2.22. The van der Waals surface area contributed by atoms with E-state index in [0.717, 1.165) is 26.2 Å². The number of methoxy groups -OCH3 is 1. The largest absolute Gasteiger partial charge is 0.383 e. The van der Waals surface area contributed by atoms with Crippen LogP contribution in [-0.2, 0) is 4.74 Å². The Morgan fingerprint density at radius 2 is 2.23 bits per heavy atom. The summed E-state index contributed by atoms with van der Waals surface area (Å²) in [7, 11) is 1.75. The summed E-state index contributed by atoms with van der Waals surface area (Å²) in [5, 5.41) is 0. The van der Waals surface area contributed by atoms with Crippen LogP contribution in [0.25, 0.3) is 0 Å². The Balaban J connectivity index is 2.48. The topological polar surface area (TPSA) is 38.5 Å². The third kappa shape index (κ3) is 2.22. The van der Waals surface area contributed by atoms with Crippen molar-refractivity contribution in [1.29, 1.82) is 0 Å². The third-order valence-electron chi connectivity index (χ3n) is 3.41. The monoisotopic (exact) mass is 186 g/mol. The molecule has 1 heterocycles. The van der Waals surface area contributed by atoms with Gasteiger partial charge < -0.3 is 10.5 Å². The van der Waals surface area contributed by atoms with Crippen LogP contribution in [0.5, 0.6) is 0 Å². The molecule has 1 aliphatic heterocycles. The van der Waals surface area contributed by atoms with Gasteiger partial charge in [-0.25, -0.2) is 0 Å². The fourth-order valence-electron chi connectivity index (χ4n) is 2.22. The summed E-state index contributed by atoms with van der Waals surface area (Å²) >= 11 is 0. The van der Waals surface area contributed by atoms with E-state index in [4.69, 9.17) is 10.5 Å². The zero-order chi connectivity index (χ0) is 9.90.